The summed E-state index contributed by atoms with van der Waals surface area (Å²) in [7, 11) is -4.07. The predicted octanol–water partition coefficient (Wildman–Crippen LogP) is 0.958. The van der Waals surface area contributed by atoms with Crippen molar-refractivity contribution in [2.45, 2.75) is 12.5 Å². The molecule has 0 aromatic heterocycles. The second-order valence-electron chi connectivity index (χ2n) is 3.20. The molecule has 0 saturated heterocycles. The number of benzene rings is 1. The van der Waals surface area contributed by atoms with Crippen LogP contribution in [0.4, 0.5) is 0 Å². The van der Waals surface area contributed by atoms with Gasteiger partial charge in [-0.25, -0.2) is 0 Å². The molecule has 3 N–H and O–H groups in total. The van der Waals surface area contributed by atoms with Gasteiger partial charge in [0.05, 0.1) is 5.41 Å². The van der Waals surface area contributed by atoms with Gasteiger partial charge in [0.15, 0.2) is 0 Å². The first kappa shape index (κ1) is 11.9. The van der Waals surface area contributed by atoms with E-state index in [4.69, 9.17) is 10.3 Å². The summed E-state index contributed by atoms with van der Waals surface area (Å²) >= 11 is 0. The van der Waals surface area contributed by atoms with E-state index in [1.165, 1.54) is 6.08 Å². The van der Waals surface area contributed by atoms with E-state index in [-0.39, 0.29) is 0 Å². The summed E-state index contributed by atoms with van der Waals surface area (Å²) in [6, 6.07) is 9.04. The Morgan fingerprint density at radius 1 is 1.33 bits per heavy atom. The molecule has 0 amide bonds. The van der Waals surface area contributed by atoms with Gasteiger partial charge < -0.3 is 5.73 Å². The molecule has 15 heavy (non-hydrogen) atoms. The van der Waals surface area contributed by atoms with Crippen molar-refractivity contribution < 1.29 is 13.0 Å². The molecule has 1 rings (SSSR count). The van der Waals surface area contributed by atoms with E-state index in [1.54, 1.807) is 0 Å². The van der Waals surface area contributed by atoms with Crippen LogP contribution in [0.2, 0.25) is 0 Å². The van der Waals surface area contributed by atoms with E-state index in [1.807, 2.05) is 30.3 Å². The van der Waals surface area contributed by atoms with E-state index in [0.29, 0.717) is 11.8 Å². The second-order valence-corrected chi connectivity index (χ2v) is 4.50. The maximum absolute atomic E-state index is 10.4. The van der Waals surface area contributed by atoms with E-state index in [2.05, 4.69) is 0 Å². The zero-order valence-electron chi connectivity index (χ0n) is 8.08. The lowest BCUT2D eigenvalue weighted by Gasteiger charge is -2.05. The molecule has 1 unspecified atom stereocenters. The minimum Gasteiger partial charge on any atom is -0.324 e. The van der Waals surface area contributed by atoms with Crippen molar-refractivity contribution in [3.63, 3.8) is 0 Å². The Bertz CT molecular complexity index is 425. The van der Waals surface area contributed by atoms with Gasteiger partial charge in [-0.3, -0.25) is 4.55 Å². The molecular formula is C10H13NO3S. The van der Waals surface area contributed by atoms with Crippen LogP contribution in [0.1, 0.15) is 5.56 Å². The van der Waals surface area contributed by atoms with E-state index >= 15 is 0 Å². The van der Waals surface area contributed by atoms with Gasteiger partial charge in [-0.2, -0.15) is 8.42 Å². The molecule has 0 radical (unpaired) electrons. The average Bonchev–Trinajstić information content (AvgIpc) is 2.15. The van der Waals surface area contributed by atoms with Crippen molar-refractivity contribution in [2.24, 2.45) is 5.73 Å². The van der Waals surface area contributed by atoms with Crippen molar-refractivity contribution in [3.05, 3.63) is 47.4 Å². The molecule has 0 spiro atoms. The standard InChI is InChI=1S/C10H13NO3S/c11-10(6-7-15(12,13)14)8-9-4-2-1-3-5-9/h1-7,10H,8,11H2,(H,12,13,14). The topological polar surface area (TPSA) is 80.4 Å². The Morgan fingerprint density at radius 2 is 1.93 bits per heavy atom. The van der Waals surface area contributed by atoms with Gasteiger partial charge in [-0.05, 0) is 12.0 Å². The first-order valence-corrected chi connectivity index (χ1v) is 5.93. The molecule has 82 valence electrons. The molecule has 1 aromatic carbocycles. The Kier molecular flexibility index (Phi) is 4.02. The van der Waals surface area contributed by atoms with Gasteiger partial charge >= 0.3 is 0 Å². The Balaban J connectivity index is 2.58. The van der Waals surface area contributed by atoms with Crippen LogP contribution in [0.3, 0.4) is 0 Å². The normalized spacial score (nSPS) is 14.3. The fourth-order valence-electron chi connectivity index (χ4n) is 1.15. The van der Waals surface area contributed by atoms with Crippen LogP contribution in [0.15, 0.2) is 41.8 Å². The largest absolute Gasteiger partial charge is 0.324 e. The fraction of sp³-hybridized carbons (Fsp3) is 0.200. The minimum absolute atomic E-state index is 0.422. The van der Waals surface area contributed by atoms with Crippen LogP contribution < -0.4 is 5.73 Å². The predicted molar refractivity (Wildman–Crippen MR) is 58.8 cm³/mol. The maximum atomic E-state index is 10.4. The van der Waals surface area contributed by atoms with Gasteiger partial charge in [0, 0.05) is 6.04 Å². The number of hydrogen-bond acceptors (Lipinski definition) is 3. The van der Waals surface area contributed by atoms with Gasteiger partial charge in [0.1, 0.15) is 0 Å². The molecule has 0 heterocycles. The van der Waals surface area contributed by atoms with Crippen molar-refractivity contribution in [2.75, 3.05) is 0 Å². The summed E-state index contributed by atoms with van der Waals surface area (Å²) in [5.41, 5.74) is 6.67. The summed E-state index contributed by atoms with van der Waals surface area (Å²) in [6.07, 6.45) is 1.80. The quantitative estimate of drug-likeness (QED) is 0.751. The van der Waals surface area contributed by atoms with E-state index < -0.39 is 16.2 Å². The highest BCUT2D eigenvalue weighted by atomic mass is 32.2. The molecule has 0 saturated carbocycles. The van der Waals surface area contributed by atoms with Crippen LogP contribution in [-0.2, 0) is 16.5 Å². The highest BCUT2D eigenvalue weighted by molar-refractivity contribution is 7.88. The third-order valence-corrected chi connectivity index (χ3v) is 2.31. The molecule has 5 heteroatoms. The highest BCUT2D eigenvalue weighted by Gasteiger charge is 2.02. The summed E-state index contributed by atoms with van der Waals surface area (Å²) < 4.78 is 29.3. The van der Waals surface area contributed by atoms with E-state index in [9.17, 15) is 8.42 Å². The highest BCUT2D eigenvalue weighted by Crippen LogP contribution is 2.02. The van der Waals surface area contributed by atoms with Crippen LogP contribution in [0, 0.1) is 0 Å². The Hall–Kier alpha value is -1.17. The van der Waals surface area contributed by atoms with Crippen LogP contribution in [0.25, 0.3) is 0 Å². The number of rotatable bonds is 4. The van der Waals surface area contributed by atoms with E-state index in [0.717, 1.165) is 5.56 Å². The summed E-state index contributed by atoms with van der Waals surface area (Å²) in [4.78, 5) is 0. The first-order valence-electron chi connectivity index (χ1n) is 4.42. The summed E-state index contributed by atoms with van der Waals surface area (Å²) in [6.45, 7) is 0. The van der Waals surface area contributed by atoms with Crippen LogP contribution in [-0.4, -0.2) is 19.0 Å². The zero-order chi connectivity index (χ0) is 11.3. The fourth-order valence-corrected chi connectivity index (χ4v) is 1.55. The Morgan fingerprint density at radius 3 is 2.47 bits per heavy atom. The number of hydrogen-bond donors (Lipinski definition) is 2. The van der Waals surface area contributed by atoms with Crippen molar-refractivity contribution >= 4 is 10.1 Å². The van der Waals surface area contributed by atoms with Gasteiger partial charge in [-0.15, -0.1) is 0 Å². The second kappa shape index (κ2) is 5.06. The molecule has 0 bridgehead atoms. The molecular weight excluding hydrogens is 214 g/mol. The lowest BCUT2D eigenvalue weighted by Crippen LogP contribution is -2.20. The summed E-state index contributed by atoms with van der Waals surface area (Å²) in [5, 5.41) is 0.709. The molecule has 0 aliphatic rings. The monoisotopic (exact) mass is 227 g/mol. The molecule has 1 aromatic rings. The first-order chi connectivity index (χ1) is 6.97. The zero-order valence-corrected chi connectivity index (χ0v) is 8.89. The third-order valence-electron chi connectivity index (χ3n) is 1.81. The van der Waals surface area contributed by atoms with Crippen molar-refractivity contribution in [1.29, 1.82) is 0 Å². The molecule has 0 aliphatic carbocycles. The Labute approximate surface area is 89.2 Å². The lowest BCUT2D eigenvalue weighted by molar-refractivity contribution is 0.494. The van der Waals surface area contributed by atoms with Gasteiger partial charge in [0.25, 0.3) is 10.1 Å². The van der Waals surface area contributed by atoms with Crippen LogP contribution in [0.5, 0.6) is 0 Å². The minimum atomic E-state index is -4.07. The van der Waals surface area contributed by atoms with Gasteiger partial charge in [-0.1, -0.05) is 36.4 Å². The molecule has 0 fully saturated rings. The third kappa shape index (κ3) is 5.31. The smallest absolute Gasteiger partial charge is 0.287 e. The van der Waals surface area contributed by atoms with Crippen molar-refractivity contribution in [1.82, 2.24) is 0 Å². The van der Waals surface area contributed by atoms with Crippen LogP contribution >= 0.6 is 0 Å². The van der Waals surface area contributed by atoms with Gasteiger partial charge in [0.2, 0.25) is 0 Å². The summed E-state index contributed by atoms with van der Waals surface area (Å²) in [5.74, 6) is 0. The average molecular weight is 227 g/mol. The van der Waals surface area contributed by atoms with Crippen molar-refractivity contribution in [3.8, 4) is 0 Å². The maximum Gasteiger partial charge on any atom is 0.287 e. The SMILES string of the molecule is NC(C=CS(=O)(=O)O)Cc1ccccc1. The molecule has 1 atom stereocenters. The number of nitrogens with two attached hydrogens (primary N) is 1. The lowest BCUT2D eigenvalue weighted by atomic mass is 10.1. The molecule has 0 aliphatic heterocycles. The molecule has 4 nitrogen and oxygen atoms in total.